The van der Waals surface area contributed by atoms with E-state index in [-0.39, 0.29) is 12.8 Å². The molecule has 3 N–H and O–H groups in total. The summed E-state index contributed by atoms with van der Waals surface area (Å²) in [6.45, 7) is 7.78. The van der Waals surface area contributed by atoms with Crippen LogP contribution in [0.2, 0.25) is 0 Å². The molecule has 166 valence electrons. The van der Waals surface area contributed by atoms with E-state index in [2.05, 4.69) is 0 Å². The molecule has 7 heteroatoms. The minimum Gasteiger partial charge on any atom is -0.494 e. The van der Waals surface area contributed by atoms with Crippen molar-refractivity contribution in [3.63, 3.8) is 0 Å². The Balaban J connectivity index is 2.34. The van der Waals surface area contributed by atoms with Gasteiger partial charge in [0.2, 0.25) is 5.91 Å². The lowest BCUT2D eigenvalue weighted by Crippen LogP contribution is -2.54. The second-order valence-electron chi connectivity index (χ2n) is 8.24. The van der Waals surface area contributed by atoms with Crippen LogP contribution in [-0.4, -0.2) is 46.0 Å². The normalized spacial score (nSPS) is 12.1. The number of ether oxygens (including phenoxy) is 1. The van der Waals surface area contributed by atoms with Gasteiger partial charge in [0, 0.05) is 17.5 Å². The maximum absolute atomic E-state index is 13.3. The van der Waals surface area contributed by atoms with E-state index in [0.717, 1.165) is 16.9 Å². The van der Waals surface area contributed by atoms with Crippen molar-refractivity contribution in [3.8, 4) is 16.9 Å². The Morgan fingerprint density at radius 1 is 1.06 bits per heavy atom. The van der Waals surface area contributed by atoms with Gasteiger partial charge in [0.25, 0.3) is 5.91 Å². The first-order chi connectivity index (χ1) is 14.5. The van der Waals surface area contributed by atoms with Gasteiger partial charge in [-0.3, -0.25) is 9.59 Å². The second kappa shape index (κ2) is 10.1. The highest BCUT2D eigenvalue weighted by Crippen LogP contribution is 2.27. The highest BCUT2D eigenvalue weighted by molar-refractivity contribution is 5.97. The van der Waals surface area contributed by atoms with Gasteiger partial charge in [-0.15, -0.1) is 0 Å². The topological polar surface area (TPSA) is 110 Å². The quantitative estimate of drug-likeness (QED) is 0.635. The smallest absolute Gasteiger partial charge is 0.326 e. The van der Waals surface area contributed by atoms with Crippen molar-refractivity contribution in [1.29, 1.82) is 0 Å². The molecule has 2 aromatic rings. The van der Waals surface area contributed by atoms with Crippen molar-refractivity contribution in [2.75, 3.05) is 6.61 Å². The van der Waals surface area contributed by atoms with Crippen molar-refractivity contribution in [2.24, 2.45) is 5.73 Å². The summed E-state index contributed by atoms with van der Waals surface area (Å²) in [7, 11) is 0. The van der Waals surface area contributed by atoms with Crippen LogP contribution >= 0.6 is 0 Å². The molecule has 0 saturated heterocycles. The van der Waals surface area contributed by atoms with Crippen molar-refractivity contribution in [1.82, 2.24) is 4.90 Å². The number of benzene rings is 2. The van der Waals surface area contributed by atoms with Crippen LogP contribution in [-0.2, 0) is 9.59 Å². The molecular weight excluding hydrogens is 396 g/mol. The number of carbonyl (C=O) groups is 3. The summed E-state index contributed by atoms with van der Waals surface area (Å²) in [6.07, 6.45) is -0.165. The lowest BCUT2D eigenvalue weighted by atomic mass is 9.97. The number of hydrogen-bond acceptors (Lipinski definition) is 4. The van der Waals surface area contributed by atoms with Crippen LogP contribution < -0.4 is 10.5 Å². The highest BCUT2D eigenvalue weighted by Gasteiger charge is 2.37. The zero-order chi connectivity index (χ0) is 23.2. The van der Waals surface area contributed by atoms with Gasteiger partial charge in [0.15, 0.2) is 0 Å². The van der Waals surface area contributed by atoms with Gasteiger partial charge in [-0.25, -0.2) is 4.79 Å². The van der Waals surface area contributed by atoms with Gasteiger partial charge in [0.05, 0.1) is 6.61 Å². The number of rotatable bonds is 9. The number of hydrogen-bond donors (Lipinski definition) is 2. The summed E-state index contributed by atoms with van der Waals surface area (Å²) in [4.78, 5) is 37.7. The first-order valence-electron chi connectivity index (χ1n) is 10.2. The van der Waals surface area contributed by atoms with Gasteiger partial charge < -0.3 is 20.5 Å². The molecule has 31 heavy (non-hydrogen) atoms. The molecule has 2 aromatic carbocycles. The third kappa shape index (κ3) is 6.31. The predicted molar refractivity (Wildman–Crippen MR) is 119 cm³/mol. The van der Waals surface area contributed by atoms with Crippen molar-refractivity contribution >= 4 is 17.8 Å². The number of nitrogens with two attached hydrogens (primary N) is 1. The Labute approximate surface area is 182 Å². The molecule has 1 atom stereocenters. The standard InChI is InChI=1S/C24H30N2O5/c1-5-31-19-8-6-7-18(15-19)16-9-11-17(12-10-16)22(28)26(24(2,3)4)20(23(29)30)13-14-21(25)27/h6-12,15,20H,5,13-14H2,1-4H3,(H2,25,27)(H,29,30)/t20-/m0/s1. The van der Waals surface area contributed by atoms with Gasteiger partial charge in [-0.1, -0.05) is 24.3 Å². The number of carbonyl (C=O) groups excluding carboxylic acids is 2. The zero-order valence-electron chi connectivity index (χ0n) is 18.4. The van der Waals surface area contributed by atoms with E-state index in [1.165, 1.54) is 4.90 Å². The van der Waals surface area contributed by atoms with Crippen LogP contribution in [0.3, 0.4) is 0 Å². The van der Waals surface area contributed by atoms with E-state index in [1.54, 1.807) is 32.9 Å². The van der Waals surface area contributed by atoms with Crippen molar-refractivity contribution in [3.05, 3.63) is 54.1 Å². The van der Waals surface area contributed by atoms with E-state index in [9.17, 15) is 19.5 Å². The van der Waals surface area contributed by atoms with Gasteiger partial charge in [-0.2, -0.15) is 0 Å². The maximum atomic E-state index is 13.3. The molecule has 2 rings (SSSR count). The number of amides is 2. The molecule has 0 fully saturated rings. The fraction of sp³-hybridized carbons (Fsp3) is 0.375. The number of nitrogens with zero attached hydrogens (tertiary/aromatic N) is 1. The predicted octanol–water partition coefficient (Wildman–Crippen LogP) is 3.71. The van der Waals surface area contributed by atoms with Gasteiger partial charge in [-0.05, 0) is 69.5 Å². The molecule has 0 aromatic heterocycles. The minimum atomic E-state index is -1.17. The largest absolute Gasteiger partial charge is 0.494 e. The van der Waals surface area contributed by atoms with Crippen LogP contribution in [0.15, 0.2) is 48.5 Å². The summed E-state index contributed by atoms with van der Waals surface area (Å²) in [5.41, 5.74) is 6.64. The van der Waals surface area contributed by atoms with Crippen LogP contribution in [0.4, 0.5) is 0 Å². The van der Waals surface area contributed by atoms with Crippen molar-refractivity contribution in [2.45, 2.75) is 52.1 Å². The molecule has 7 nitrogen and oxygen atoms in total. The molecule has 0 bridgehead atoms. The molecule has 0 heterocycles. The van der Waals surface area contributed by atoms with Crippen LogP contribution in [0.5, 0.6) is 5.75 Å². The molecule has 0 aliphatic carbocycles. The van der Waals surface area contributed by atoms with Crippen LogP contribution in [0, 0.1) is 0 Å². The Bertz CT molecular complexity index is 932. The highest BCUT2D eigenvalue weighted by atomic mass is 16.5. The van der Waals surface area contributed by atoms with Crippen LogP contribution in [0.25, 0.3) is 11.1 Å². The van der Waals surface area contributed by atoms with Crippen molar-refractivity contribution < 1.29 is 24.2 Å². The number of carboxylic acids is 1. The number of carboxylic acid groups (broad SMARTS) is 1. The third-order valence-electron chi connectivity index (χ3n) is 4.81. The minimum absolute atomic E-state index is 0.0457. The maximum Gasteiger partial charge on any atom is 0.326 e. The van der Waals surface area contributed by atoms with E-state index >= 15 is 0 Å². The molecule has 0 spiro atoms. The summed E-state index contributed by atoms with van der Waals surface area (Å²) >= 11 is 0. The van der Waals surface area contributed by atoms with Gasteiger partial charge >= 0.3 is 5.97 Å². The lowest BCUT2D eigenvalue weighted by Gasteiger charge is -2.40. The van der Waals surface area contributed by atoms with E-state index < -0.39 is 29.4 Å². The molecular formula is C24H30N2O5. The molecule has 0 saturated carbocycles. The first-order valence-corrected chi connectivity index (χ1v) is 10.2. The van der Waals surface area contributed by atoms with E-state index in [4.69, 9.17) is 10.5 Å². The molecule has 2 amide bonds. The molecule has 0 aliphatic heterocycles. The number of aliphatic carboxylic acids is 1. The SMILES string of the molecule is CCOc1cccc(-c2ccc(C(=O)N([C@@H](CCC(N)=O)C(=O)O)C(C)(C)C)cc2)c1. The second-order valence-corrected chi connectivity index (χ2v) is 8.24. The summed E-state index contributed by atoms with van der Waals surface area (Å²) in [5, 5.41) is 9.72. The average Bonchev–Trinajstić information content (AvgIpc) is 2.70. The third-order valence-corrected chi connectivity index (χ3v) is 4.81. The fourth-order valence-electron chi connectivity index (χ4n) is 3.43. The lowest BCUT2D eigenvalue weighted by molar-refractivity contribution is -0.144. The summed E-state index contributed by atoms with van der Waals surface area (Å²) < 4.78 is 5.54. The van der Waals surface area contributed by atoms with E-state index in [0.29, 0.717) is 12.2 Å². The molecule has 0 unspecified atom stereocenters. The monoisotopic (exact) mass is 426 g/mol. The Morgan fingerprint density at radius 2 is 1.71 bits per heavy atom. The molecule has 0 radical (unpaired) electrons. The summed E-state index contributed by atoms with van der Waals surface area (Å²) in [6, 6.07) is 13.5. The Morgan fingerprint density at radius 3 is 2.23 bits per heavy atom. The first kappa shape index (κ1) is 23.9. The summed E-state index contributed by atoms with van der Waals surface area (Å²) in [5.74, 6) is -1.43. The Kier molecular flexibility index (Phi) is 7.80. The van der Waals surface area contributed by atoms with Crippen LogP contribution in [0.1, 0.15) is 50.9 Å². The molecule has 0 aliphatic rings. The average molecular weight is 427 g/mol. The Hall–Kier alpha value is -3.35. The van der Waals surface area contributed by atoms with Gasteiger partial charge in [0.1, 0.15) is 11.8 Å². The zero-order valence-corrected chi connectivity index (χ0v) is 18.4. The number of primary amides is 1. The van der Waals surface area contributed by atoms with E-state index in [1.807, 2.05) is 43.3 Å². The fourth-order valence-corrected chi connectivity index (χ4v) is 3.43.